The van der Waals surface area contributed by atoms with Gasteiger partial charge in [-0.1, -0.05) is 23.2 Å². The first-order chi connectivity index (χ1) is 12.1. The van der Waals surface area contributed by atoms with Gasteiger partial charge in [-0.05, 0) is 24.3 Å². The van der Waals surface area contributed by atoms with Gasteiger partial charge in [0.15, 0.2) is 0 Å². The molecular formula is C16H15Cl2N5O2. The van der Waals surface area contributed by atoms with Crippen molar-refractivity contribution in [1.29, 1.82) is 0 Å². The molecule has 1 N–H and O–H groups in total. The molecule has 1 saturated heterocycles. The Hall–Kier alpha value is -2.38. The van der Waals surface area contributed by atoms with Crippen molar-refractivity contribution in [3.63, 3.8) is 0 Å². The number of rotatable bonds is 4. The van der Waals surface area contributed by atoms with Crippen LogP contribution in [0.3, 0.4) is 0 Å². The fourth-order valence-corrected chi connectivity index (χ4v) is 2.72. The lowest BCUT2D eigenvalue weighted by atomic mass is 10.3. The van der Waals surface area contributed by atoms with Gasteiger partial charge in [0, 0.05) is 38.1 Å². The molecule has 25 heavy (non-hydrogen) atoms. The quantitative estimate of drug-likeness (QED) is 0.824. The largest absolute Gasteiger partial charge is 0.342 e. The number of benzene rings is 1. The molecule has 9 heteroatoms. The van der Waals surface area contributed by atoms with Gasteiger partial charge in [-0.3, -0.25) is 9.59 Å². The molecule has 1 aliphatic rings. The molecule has 2 aromatic rings. The average Bonchev–Trinajstić information content (AvgIpc) is 2.65. The lowest BCUT2D eigenvalue weighted by Gasteiger charge is -2.32. The third kappa shape index (κ3) is 4.18. The Labute approximate surface area is 154 Å². The number of nitrogens with zero attached hydrogens (tertiary/aromatic N) is 4. The zero-order valence-electron chi connectivity index (χ0n) is 13.2. The highest BCUT2D eigenvalue weighted by molar-refractivity contribution is 6.42. The fraction of sp³-hybridized carbons (Fsp3) is 0.250. The van der Waals surface area contributed by atoms with Crippen LogP contribution in [0.1, 0.15) is 10.5 Å². The highest BCUT2D eigenvalue weighted by atomic mass is 35.5. The van der Waals surface area contributed by atoms with Crippen molar-refractivity contribution in [2.45, 2.75) is 0 Å². The summed E-state index contributed by atoms with van der Waals surface area (Å²) in [6.07, 6.45) is 2.37. The lowest BCUT2D eigenvalue weighted by molar-refractivity contribution is -0.118. The normalized spacial score (nSPS) is 14.3. The van der Waals surface area contributed by atoms with Crippen LogP contribution < -0.4 is 10.2 Å². The van der Waals surface area contributed by atoms with Crippen LogP contribution in [0.4, 0.5) is 11.6 Å². The van der Waals surface area contributed by atoms with Crippen LogP contribution >= 0.6 is 23.2 Å². The molecular weight excluding hydrogens is 365 g/mol. The van der Waals surface area contributed by atoms with E-state index in [4.69, 9.17) is 23.2 Å². The topological polar surface area (TPSA) is 78.4 Å². The summed E-state index contributed by atoms with van der Waals surface area (Å²) in [5.41, 5.74) is 0.771. The Bertz CT molecular complexity index is 794. The minimum atomic E-state index is -0.367. The van der Waals surface area contributed by atoms with Crippen molar-refractivity contribution in [3.05, 3.63) is 46.2 Å². The summed E-state index contributed by atoms with van der Waals surface area (Å²) in [4.78, 5) is 35.3. The summed E-state index contributed by atoms with van der Waals surface area (Å²) >= 11 is 11.8. The summed E-state index contributed by atoms with van der Waals surface area (Å²) in [6, 6.07) is 6.38. The van der Waals surface area contributed by atoms with Gasteiger partial charge in [-0.15, -0.1) is 0 Å². The van der Waals surface area contributed by atoms with Gasteiger partial charge < -0.3 is 15.1 Å². The molecule has 0 aliphatic carbocycles. The number of hydrogen-bond donors (Lipinski definition) is 1. The molecule has 7 nitrogen and oxygen atoms in total. The van der Waals surface area contributed by atoms with Gasteiger partial charge in [0.1, 0.15) is 5.69 Å². The number of amides is 2. The van der Waals surface area contributed by atoms with Crippen LogP contribution in [0.25, 0.3) is 0 Å². The molecule has 130 valence electrons. The van der Waals surface area contributed by atoms with Gasteiger partial charge in [0.2, 0.25) is 12.4 Å². The smallest absolute Gasteiger partial charge is 0.274 e. The molecule has 0 saturated carbocycles. The van der Waals surface area contributed by atoms with E-state index in [-0.39, 0.29) is 11.6 Å². The second-order valence-corrected chi connectivity index (χ2v) is 6.27. The van der Waals surface area contributed by atoms with Crippen LogP contribution in [0, 0.1) is 0 Å². The van der Waals surface area contributed by atoms with E-state index >= 15 is 0 Å². The molecule has 0 atom stereocenters. The summed E-state index contributed by atoms with van der Waals surface area (Å²) in [6.45, 7) is 2.45. The van der Waals surface area contributed by atoms with E-state index in [1.54, 1.807) is 23.1 Å². The van der Waals surface area contributed by atoms with Crippen molar-refractivity contribution in [3.8, 4) is 0 Å². The maximum atomic E-state index is 12.4. The van der Waals surface area contributed by atoms with Crippen LogP contribution in [0.5, 0.6) is 0 Å². The molecule has 2 amide bonds. The Morgan fingerprint density at radius 2 is 1.88 bits per heavy atom. The summed E-state index contributed by atoms with van der Waals surface area (Å²) < 4.78 is 0. The Morgan fingerprint density at radius 3 is 2.56 bits per heavy atom. The fourth-order valence-electron chi connectivity index (χ4n) is 2.42. The lowest BCUT2D eigenvalue weighted by Crippen LogP contribution is -2.46. The molecule has 0 bridgehead atoms. The summed E-state index contributed by atoms with van der Waals surface area (Å²) in [5, 5.41) is 3.50. The van der Waals surface area contributed by atoms with Gasteiger partial charge in [0.25, 0.3) is 5.91 Å². The first-order valence-corrected chi connectivity index (χ1v) is 8.36. The van der Waals surface area contributed by atoms with Gasteiger partial charge in [-0.2, -0.15) is 0 Å². The van der Waals surface area contributed by atoms with E-state index < -0.39 is 0 Å². The predicted octanol–water partition coefficient (Wildman–Crippen LogP) is 2.31. The van der Waals surface area contributed by atoms with Gasteiger partial charge in [-0.25, -0.2) is 9.97 Å². The minimum Gasteiger partial charge on any atom is -0.342 e. The molecule has 0 unspecified atom stereocenters. The van der Waals surface area contributed by atoms with E-state index in [9.17, 15) is 9.59 Å². The summed E-state index contributed by atoms with van der Waals surface area (Å²) in [7, 11) is 0. The van der Waals surface area contributed by atoms with Crippen LogP contribution in [-0.4, -0.2) is 53.4 Å². The Kier molecular flexibility index (Phi) is 5.35. The van der Waals surface area contributed by atoms with Crippen molar-refractivity contribution in [2.75, 3.05) is 36.4 Å². The van der Waals surface area contributed by atoms with E-state index in [0.29, 0.717) is 47.9 Å². The molecule has 1 aromatic carbocycles. The van der Waals surface area contributed by atoms with Crippen molar-refractivity contribution < 1.29 is 9.59 Å². The highest BCUT2D eigenvalue weighted by Crippen LogP contribution is 2.25. The van der Waals surface area contributed by atoms with E-state index in [0.717, 1.165) is 6.41 Å². The number of carbonyl (C=O) groups is 2. The van der Waals surface area contributed by atoms with Gasteiger partial charge in [0.05, 0.1) is 10.0 Å². The Morgan fingerprint density at radius 1 is 1.12 bits per heavy atom. The van der Waals surface area contributed by atoms with Crippen molar-refractivity contribution >= 4 is 47.2 Å². The number of nitrogens with one attached hydrogen (secondary N) is 1. The first-order valence-electron chi connectivity index (χ1n) is 7.60. The number of piperazine rings is 1. The van der Waals surface area contributed by atoms with E-state index in [1.165, 1.54) is 12.3 Å². The highest BCUT2D eigenvalue weighted by Gasteiger charge is 2.19. The number of anilines is 2. The molecule has 1 aromatic heterocycles. The zero-order valence-corrected chi connectivity index (χ0v) is 14.7. The zero-order chi connectivity index (χ0) is 17.8. The molecule has 1 fully saturated rings. The summed E-state index contributed by atoms with van der Waals surface area (Å²) in [5.74, 6) is 0.0981. The minimum absolute atomic E-state index is 0.244. The van der Waals surface area contributed by atoms with Crippen molar-refractivity contribution in [2.24, 2.45) is 0 Å². The number of hydrogen-bond acceptors (Lipinski definition) is 5. The maximum Gasteiger partial charge on any atom is 0.274 e. The molecule has 0 radical (unpaired) electrons. The molecule has 0 spiro atoms. The second-order valence-electron chi connectivity index (χ2n) is 5.45. The SMILES string of the molecule is O=CN1CCN(c2nccc(C(=O)Nc3ccc(Cl)c(Cl)c3)n2)CC1. The molecule has 2 heterocycles. The number of halogens is 2. The number of carbonyl (C=O) groups excluding carboxylic acids is 2. The molecule has 3 rings (SSSR count). The van der Waals surface area contributed by atoms with Crippen LogP contribution in [0.15, 0.2) is 30.5 Å². The Balaban J connectivity index is 1.71. The van der Waals surface area contributed by atoms with E-state index in [2.05, 4.69) is 15.3 Å². The monoisotopic (exact) mass is 379 g/mol. The average molecular weight is 380 g/mol. The standard InChI is InChI=1S/C16H15Cl2N5O2/c17-12-2-1-11(9-13(12)18)20-15(25)14-3-4-19-16(21-14)23-7-5-22(10-24)6-8-23/h1-4,9-10H,5-8H2,(H,20,25). The van der Waals surface area contributed by atoms with Gasteiger partial charge >= 0.3 is 0 Å². The first kappa shape index (κ1) is 17.4. The predicted molar refractivity (Wildman–Crippen MR) is 96.3 cm³/mol. The van der Waals surface area contributed by atoms with Crippen LogP contribution in [-0.2, 0) is 4.79 Å². The van der Waals surface area contributed by atoms with Crippen LogP contribution in [0.2, 0.25) is 10.0 Å². The number of aromatic nitrogens is 2. The maximum absolute atomic E-state index is 12.4. The molecule has 1 aliphatic heterocycles. The van der Waals surface area contributed by atoms with E-state index in [1.807, 2.05) is 4.90 Å². The third-order valence-corrected chi connectivity index (χ3v) is 4.54. The third-order valence-electron chi connectivity index (χ3n) is 3.80. The van der Waals surface area contributed by atoms with Crippen molar-refractivity contribution in [1.82, 2.24) is 14.9 Å². The second kappa shape index (κ2) is 7.67.